The van der Waals surface area contributed by atoms with Crippen LogP contribution < -0.4 is 11.1 Å². The van der Waals surface area contributed by atoms with Gasteiger partial charge in [0.1, 0.15) is 22.3 Å². The van der Waals surface area contributed by atoms with Crippen LogP contribution in [0.4, 0.5) is 10.2 Å². The average Bonchev–Trinajstić information content (AvgIpc) is 3.09. The highest BCUT2D eigenvalue weighted by Crippen LogP contribution is 2.43. The van der Waals surface area contributed by atoms with Gasteiger partial charge in [0.25, 0.3) is 0 Å². The van der Waals surface area contributed by atoms with Gasteiger partial charge in [-0.3, -0.25) is 0 Å². The van der Waals surface area contributed by atoms with Crippen molar-refractivity contribution in [3.05, 3.63) is 58.9 Å². The van der Waals surface area contributed by atoms with Crippen LogP contribution in [0.3, 0.4) is 0 Å². The van der Waals surface area contributed by atoms with E-state index in [1.54, 1.807) is 6.20 Å². The summed E-state index contributed by atoms with van der Waals surface area (Å²) < 4.78 is 13.2. The minimum absolute atomic E-state index is 0.183. The molecule has 7 heteroatoms. The number of hydrogen-bond acceptors (Lipinski definition) is 6. The molecule has 1 fully saturated rings. The molecule has 5 nitrogen and oxygen atoms in total. The molecule has 4 rings (SSSR count). The van der Waals surface area contributed by atoms with Gasteiger partial charge in [0.2, 0.25) is 0 Å². The molecule has 0 saturated heterocycles. The van der Waals surface area contributed by atoms with E-state index < -0.39 is 0 Å². The lowest BCUT2D eigenvalue weighted by atomic mass is 9.72. The monoisotopic (exact) mass is 355 g/mol. The largest absolute Gasteiger partial charge is 0.359 e. The zero-order valence-corrected chi connectivity index (χ0v) is 14.4. The van der Waals surface area contributed by atoms with Crippen molar-refractivity contribution < 1.29 is 4.39 Å². The van der Waals surface area contributed by atoms with Crippen LogP contribution in [0.15, 0.2) is 42.6 Å². The van der Waals surface area contributed by atoms with E-state index in [-0.39, 0.29) is 11.4 Å². The normalized spacial score (nSPS) is 15.6. The highest BCUT2D eigenvalue weighted by molar-refractivity contribution is 7.14. The Morgan fingerprint density at radius 3 is 2.48 bits per heavy atom. The molecule has 0 aliphatic heterocycles. The molecule has 1 aliphatic rings. The summed E-state index contributed by atoms with van der Waals surface area (Å²) in [5, 5.41) is 12.9. The maximum Gasteiger partial charge on any atom is 0.149 e. The topological polar surface area (TPSA) is 76.7 Å². The SMILES string of the molecule is NCc1cnc(-c2ccc(NC3(c4ccc(F)cc4)CCC3)nn2)s1. The number of rotatable bonds is 5. The van der Waals surface area contributed by atoms with E-state index in [2.05, 4.69) is 20.5 Å². The quantitative estimate of drug-likeness (QED) is 0.730. The van der Waals surface area contributed by atoms with E-state index >= 15 is 0 Å². The second kappa shape index (κ2) is 6.50. The number of aromatic nitrogens is 3. The maximum absolute atomic E-state index is 13.2. The van der Waals surface area contributed by atoms with Crippen LogP contribution >= 0.6 is 11.3 Å². The molecule has 0 bridgehead atoms. The summed E-state index contributed by atoms with van der Waals surface area (Å²) in [6.07, 6.45) is 4.89. The van der Waals surface area contributed by atoms with Crippen molar-refractivity contribution in [2.24, 2.45) is 5.73 Å². The first kappa shape index (κ1) is 16.1. The van der Waals surface area contributed by atoms with Gasteiger partial charge >= 0.3 is 0 Å². The van der Waals surface area contributed by atoms with Gasteiger partial charge in [-0.2, -0.15) is 0 Å². The van der Waals surface area contributed by atoms with Crippen LogP contribution in [0.25, 0.3) is 10.7 Å². The van der Waals surface area contributed by atoms with E-state index in [1.165, 1.54) is 23.5 Å². The third-order valence-corrected chi connectivity index (χ3v) is 5.65. The number of benzene rings is 1. The minimum atomic E-state index is -0.220. The molecule has 3 N–H and O–H groups in total. The van der Waals surface area contributed by atoms with Crippen molar-refractivity contribution in [1.82, 2.24) is 15.2 Å². The molecule has 1 aliphatic carbocycles. The molecule has 2 heterocycles. The zero-order chi connectivity index (χ0) is 17.3. The molecule has 1 saturated carbocycles. The number of thiazole rings is 1. The van der Waals surface area contributed by atoms with Crippen LogP contribution in [-0.2, 0) is 12.1 Å². The lowest BCUT2D eigenvalue weighted by Gasteiger charge is -2.43. The molecule has 0 amide bonds. The molecule has 0 spiro atoms. The van der Waals surface area contributed by atoms with E-state index in [4.69, 9.17) is 5.73 Å². The van der Waals surface area contributed by atoms with Gasteiger partial charge in [0.15, 0.2) is 0 Å². The van der Waals surface area contributed by atoms with Gasteiger partial charge in [0, 0.05) is 17.6 Å². The predicted molar refractivity (Wildman–Crippen MR) is 96.6 cm³/mol. The number of halogens is 1. The Labute approximate surface area is 149 Å². The van der Waals surface area contributed by atoms with E-state index in [9.17, 15) is 4.39 Å². The zero-order valence-electron chi connectivity index (χ0n) is 13.6. The Balaban J connectivity index is 1.54. The molecule has 0 atom stereocenters. The Bertz CT molecular complexity index is 856. The van der Waals surface area contributed by atoms with Gasteiger partial charge < -0.3 is 11.1 Å². The van der Waals surface area contributed by atoms with Crippen LogP contribution in [0.5, 0.6) is 0 Å². The third kappa shape index (κ3) is 3.12. The fraction of sp³-hybridized carbons (Fsp3) is 0.278. The summed E-state index contributed by atoms with van der Waals surface area (Å²) in [6.45, 7) is 0.477. The number of nitrogens with one attached hydrogen (secondary N) is 1. The fourth-order valence-electron chi connectivity index (χ4n) is 3.06. The number of hydrogen-bond donors (Lipinski definition) is 2. The van der Waals surface area contributed by atoms with Gasteiger partial charge in [-0.25, -0.2) is 9.37 Å². The van der Waals surface area contributed by atoms with Crippen molar-refractivity contribution in [2.45, 2.75) is 31.3 Å². The molecule has 2 aromatic heterocycles. The average molecular weight is 355 g/mol. The summed E-state index contributed by atoms with van der Waals surface area (Å²) in [4.78, 5) is 5.34. The molecule has 0 radical (unpaired) electrons. The minimum Gasteiger partial charge on any atom is -0.359 e. The van der Waals surface area contributed by atoms with Gasteiger partial charge in [-0.1, -0.05) is 12.1 Å². The first-order valence-electron chi connectivity index (χ1n) is 8.22. The molecule has 25 heavy (non-hydrogen) atoms. The van der Waals surface area contributed by atoms with Crippen molar-refractivity contribution in [1.29, 1.82) is 0 Å². The Morgan fingerprint density at radius 1 is 1.12 bits per heavy atom. The highest BCUT2D eigenvalue weighted by atomic mass is 32.1. The van der Waals surface area contributed by atoms with Crippen LogP contribution in [0, 0.1) is 5.82 Å². The second-order valence-electron chi connectivity index (χ2n) is 6.21. The number of nitrogens with two attached hydrogens (primary N) is 1. The molecular weight excluding hydrogens is 337 g/mol. The first-order valence-corrected chi connectivity index (χ1v) is 9.03. The van der Waals surface area contributed by atoms with Crippen molar-refractivity contribution in [3.63, 3.8) is 0 Å². The fourth-order valence-corrected chi connectivity index (χ4v) is 3.82. The predicted octanol–water partition coefficient (Wildman–Crippen LogP) is 3.69. The summed E-state index contributed by atoms with van der Waals surface area (Å²) >= 11 is 1.52. The van der Waals surface area contributed by atoms with Crippen molar-refractivity contribution in [3.8, 4) is 10.7 Å². The van der Waals surface area contributed by atoms with Gasteiger partial charge in [-0.15, -0.1) is 21.5 Å². The number of anilines is 1. The van der Waals surface area contributed by atoms with Crippen molar-refractivity contribution >= 4 is 17.2 Å². The molecule has 128 valence electrons. The summed E-state index contributed by atoms with van der Waals surface area (Å²) in [7, 11) is 0. The lowest BCUT2D eigenvalue weighted by molar-refractivity contribution is 0.283. The molecular formula is C18H18FN5S. The van der Waals surface area contributed by atoms with Crippen LogP contribution in [0.1, 0.15) is 29.7 Å². The van der Waals surface area contributed by atoms with Gasteiger partial charge in [0.05, 0.1) is 5.54 Å². The Morgan fingerprint density at radius 2 is 1.92 bits per heavy atom. The maximum atomic E-state index is 13.2. The molecule has 1 aromatic carbocycles. The molecule has 0 unspecified atom stereocenters. The number of nitrogens with zero attached hydrogens (tertiary/aromatic N) is 3. The summed E-state index contributed by atoms with van der Waals surface area (Å²) in [5.41, 5.74) is 7.26. The second-order valence-corrected chi connectivity index (χ2v) is 7.32. The third-order valence-electron chi connectivity index (χ3n) is 4.61. The lowest BCUT2D eigenvalue weighted by Crippen LogP contribution is -2.42. The van der Waals surface area contributed by atoms with Crippen LogP contribution in [0.2, 0.25) is 0 Å². The summed E-state index contributed by atoms with van der Waals surface area (Å²) in [6, 6.07) is 10.5. The smallest absolute Gasteiger partial charge is 0.149 e. The standard InChI is InChI=1S/C18H18FN5S/c19-13-4-2-12(3-5-13)18(8-1-9-18)22-16-7-6-15(23-24-16)17-21-11-14(10-20)25-17/h2-7,11H,1,8-10,20H2,(H,22,24). The first-order chi connectivity index (χ1) is 12.2. The summed E-state index contributed by atoms with van der Waals surface area (Å²) in [5.74, 6) is 0.492. The van der Waals surface area contributed by atoms with Crippen LogP contribution in [-0.4, -0.2) is 15.2 Å². The Kier molecular flexibility index (Phi) is 4.19. The molecule has 3 aromatic rings. The van der Waals surface area contributed by atoms with E-state index in [1.807, 2.05) is 24.3 Å². The highest BCUT2D eigenvalue weighted by Gasteiger charge is 2.39. The van der Waals surface area contributed by atoms with Gasteiger partial charge in [-0.05, 0) is 49.1 Å². The van der Waals surface area contributed by atoms with Crippen molar-refractivity contribution in [2.75, 3.05) is 5.32 Å². The van der Waals surface area contributed by atoms with E-state index in [0.29, 0.717) is 12.4 Å². The Hall–Kier alpha value is -2.38. The van der Waals surface area contributed by atoms with E-state index in [0.717, 1.165) is 40.4 Å².